The van der Waals surface area contributed by atoms with Crippen LogP contribution in [-0.4, -0.2) is 34.3 Å². The monoisotopic (exact) mass is 312 g/mol. The lowest BCUT2D eigenvalue weighted by Gasteiger charge is -2.10. The van der Waals surface area contributed by atoms with E-state index in [4.69, 9.17) is 0 Å². The second-order valence-corrected chi connectivity index (χ2v) is 5.39. The van der Waals surface area contributed by atoms with Crippen LogP contribution in [0.15, 0.2) is 23.1 Å². The van der Waals surface area contributed by atoms with Gasteiger partial charge in [-0.05, 0) is 30.7 Å². The summed E-state index contributed by atoms with van der Waals surface area (Å²) in [5.74, 6) is -0.687. The van der Waals surface area contributed by atoms with Crippen molar-refractivity contribution in [2.24, 2.45) is 0 Å². The van der Waals surface area contributed by atoms with Gasteiger partial charge in [0.25, 0.3) is 10.1 Å². The van der Waals surface area contributed by atoms with E-state index in [9.17, 15) is 26.4 Å². The summed E-state index contributed by atoms with van der Waals surface area (Å²) in [5, 5.41) is 0. The molecule has 0 aromatic heterocycles. The summed E-state index contributed by atoms with van der Waals surface area (Å²) in [6.07, 6.45) is -4.76. The highest BCUT2D eigenvalue weighted by Crippen LogP contribution is 2.22. The minimum atomic E-state index is -4.76. The average molecular weight is 312 g/mol. The molecule has 112 valence electrons. The molecule has 0 unspecified atom stereocenters. The normalized spacial score (nSPS) is 12.2. The van der Waals surface area contributed by atoms with E-state index in [1.54, 1.807) is 0 Å². The van der Waals surface area contributed by atoms with Crippen LogP contribution >= 0.6 is 0 Å². The average Bonchev–Trinajstić information content (AvgIpc) is 2.34. The van der Waals surface area contributed by atoms with Gasteiger partial charge in [0.1, 0.15) is 0 Å². The number of ether oxygens (including phenoxy) is 1. The van der Waals surface area contributed by atoms with Crippen molar-refractivity contribution in [3.8, 4) is 0 Å². The number of esters is 1. The van der Waals surface area contributed by atoms with Gasteiger partial charge in [0.2, 0.25) is 0 Å². The molecular formula is C11H11F3O5S. The van der Waals surface area contributed by atoms with Crippen LogP contribution < -0.4 is 0 Å². The van der Waals surface area contributed by atoms with E-state index in [-0.39, 0.29) is 11.1 Å². The molecule has 0 spiro atoms. The van der Waals surface area contributed by atoms with Crippen molar-refractivity contribution in [1.82, 2.24) is 0 Å². The van der Waals surface area contributed by atoms with E-state index < -0.39 is 33.8 Å². The molecule has 20 heavy (non-hydrogen) atoms. The zero-order valence-corrected chi connectivity index (χ0v) is 11.3. The van der Waals surface area contributed by atoms with Crippen molar-refractivity contribution < 1.29 is 35.3 Å². The third-order valence-corrected chi connectivity index (χ3v) is 3.67. The largest absolute Gasteiger partial charge is 0.465 e. The van der Waals surface area contributed by atoms with Crippen LogP contribution in [-0.2, 0) is 19.0 Å². The van der Waals surface area contributed by atoms with Crippen molar-refractivity contribution >= 4 is 16.1 Å². The highest BCUT2D eigenvalue weighted by atomic mass is 32.2. The Balaban J connectivity index is 3.05. The molecule has 0 aliphatic heterocycles. The van der Waals surface area contributed by atoms with Crippen molar-refractivity contribution in [2.75, 3.05) is 13.7 Å². The maximum absolute atomic E-state index is 12.0. The Labute approximate surface area is 113 Å². The van der Waals surface area contributed by atoms with Crippen LogP contribution in [0.5, 0.6) is 0 Å². The molecule has 0 heterocycles. The van der Waals surface area contributed by atoms with Crippen LogP contribution in [0.1, 0.15) is 15.9 Å². The number of rotatable bonds is 4. The summed E-state index contributed by atoms with van der Waals surface area (Å²) in [6, 6.07) is 3.31. The zero-order valence-electron chi connectivity index (χ0n) is 10.5. The molecule has 0 saturated heterocycles. The summed E-state index contributed by atoms with van der Waals surface area (Å²) in [7, 11) is -3.40. The first-order valence-electron chi connectivity index (χ1n) is 5.22. The predicted molar refractivity (Wildman–Crippen MR) is 61.7 cm³/mol. The van der Waals surface area contributed by atoms with Gasteiger partial charge in [-0.3, -0.25) is 4.18 Å². The van der Waals surface area contributed by atoms with Crippen molar-refractivity contribution in [3.63, 3.8) is 0 Å². The summed E-state index contributed by atoms with van der Waals surface area (Å²) >= 11 is 0. The molecule has 0 radical (unpaired) electrons. The van der Waals surface area contributed by atoms with E-state index >= 15 is 0 Å². The summed E-state index contributed by atoms with van der Waals surface area (Å²) in [5.41, 5.74) is 0.162. The van der Waals surface area contributed by atoms with Crippen LogP contribution in [0.25, 0.3) is 0 Å². The minimum Gasteiger partial charge on any atom is -0.465 e. The van der Waals surface area contributed by atoms with E-state index in [2.05, 4.69) is 8.92 Å². The zero-order chi connectivity index (χ0) is 15.6. The SMILES string of the molecule is COC(=O)c1ccc(S(=O)(=O)OCC(F)(F)F)c(C)c1. The molecule has 1 aromatic carbocycles. The van der Waals surface area contributed by atoms with Gasteiger partial charge in [0.05, 0.1) is 17.6 Å². The number of hydrogen-bond acceptors (Lipinski definition) is 5. The molecule has 0 aliphatic rings. The third kappa shape index (κ3) is 4.20. The number of halogens is 3. The second kappa shape index (κ2) is 5.80. The number of alkyl halides is 3. The minimum absolute atomic E-state index is 0.0788. The Morgan fingerprint density at radius 3 is 2.35 bits per heavy atom. The van der Waals surface area contributed by atoms with Gasteiger partial charge < -0.3 is 4.74 Å². The Morgan fingerprint density at radius 2 is 1.90 bits per heavy atom. The van der Waals surface area contributed by atoms with E-state index in [1.165, 1.54) is 13.0 Å². The molecule has 0 bridgehead atoms. The maximum atomic E-state index is 12.0. The first kappa shape index (κ1) is 16.4. The Morgan fingerprint density at radius 1 is 1.30 bits per heavy atom. The highest BCUT2D eigenvalue weighted by molar-refractivity contribution is 7.86. The Kier molecular flexibility index (Phi) is 4.77. The van der Waals surface area contributed by atoms with Gasteiger partial charge >= 0.3 is 12.1 Å². The van der Waals surface area contributed by atoms with E-state index in [0.717, 1.165) is 19.2 Å². The highest BCUT2D eigenvalue weighted by Gasteiger charge is 2.32. The number of methoxy groups -OCH3 is 1. The lowest BCUT2D eigenvalue weighted by atomic mass is 10.1. The van der Waals surface area contributed by atoms with Crippen LogP contribution in [0.4, 0.5) is 13.2 Å². The standard InChI is InChI=1S/C11H11F3O5S/c1-7-5-8(10(15)18-2)3-4-9(7)20(16,17)19-6-11(12,13)14/h3-5H,6H2,1-2H3. The van der Waals surface area contributed by atoms with Crippen LogP contribution in [0, 0.1) is 6.92 Å². The number of carbonyl (C=O) groups excluding carboxylic acids is 1. The van der Waals surface area contributed by atoms with Gasteiger partial charge in [-0.25, -0.2) is 4.79 Å². The van der Waals surface area contributed by atoms with E-state index in [0.29, 0.717) is 0 Å². The predicted octanol–water partition coefficient (Wildman–Crippen LogP) is 2.05. The van der Waals surface area contributed by atoms with Crippen molar-refractivity contribution in [3.05, 3.63) is 29.3 Å². The maximum Gasteiger partial charge on any atom is 0.413 e. The smallest absolute Gasteiger partial charge is 0.413 e. The lowest BCUT2D eigenvalue weighted by molar-refractivity contribution is -0.152. The molecule has 0 atom stereocenters. The van der Waals surface area contributed by atoms with Crippen molar-refractivity contribution in [1.29, 1.82) is 0 Å². The molecule has 1 aromatic rings. The first-order valence-corrected chi connectivity index (χ1v) is 6.63. The molecule has 0 fully saturated rings. The molecule has 0 N–H and O–H groups in total. The van der Waals surface area contributed by atoms with Crippen LogP contribution in [0.2, 0.25) is 0 Å². The van der Waals surface area contributed by atoms with Crippen molar-refractivity contribution in [2.45, 2.75) is 18.0 Å². The molecule has 9 heteroatoms. The lowest BCUT2D eigenvalue weighted by Crippen LogP contribution is -2.21. The molecule has 5 nitrogen and oxygen atoms in total. The number of hydrogen-bond donors (Lipinski definition) is 0. The number of benzene rings is 1. The van der Waals surface area contributed by atoms with Gasteiger partial charge in [-0.1, -0.05) is 0 Å². The van der Waals surface area contributed by atoms with Gasteiger partial charge in [0.15, 0.2) is 6.61 Å². The molecule has 0 amide bonds. The molecule has 0 saturated carbocycles. The topological polar surface area (TPSA) is 69.7 Å². The fourth-order valence-corrected chi connectivity index (χ4v) is 2.49. The van der Waals surface area contributed by atoms with Gasteiger partial charge in [0, 0.05) is 0 Å². The first-order chi connectivity index (χ1) is 9.07. The molecule has 0 aliphatic carbocycles. The Bertz CT molecular complexity index is 607. The van der Waals surface area contributed by atoms with E-state index in [1.807, 2.05) is 0 Å². The summed E-state index contributed by atoms with van der Waals surface area (Å²) in [6.45, 7) is -0.580. The Hall–Kier alpha value is -1.61. The third-order valence-electron chi connectivity index (χ3n) is 2.24. The number of aryl methyl sites for hydroxylation is 1. The number of carbonyl (C=O) groups is 1. The van der Waals surface area contributed by atoms with Gasteiger partial charge in [-0.15, -0.1) is 0 Å². The molecule has 1 rings (SSSR count). The molecular weight excluding hydrogens is 301 g/mol. The van der Waals surface area contributed by atoms with Gasteiger partial charge in [-0.2, -0.15) is 21.6 Å². The fraction of sp³-hybridized carbons (Fsp3) is 0.364. The summed E-state index contributed by atoms with van der Waals surface area (Å²) in [4.78, 5) is 10.8. The fourth-order valence-electron chi connectivity index (χ4n) is 1.38. The quantitative estimate of drug-likeness (QED) is 0.628. The summed E-state index contributed by atoms with van der Waals surface area (Å²) < 4.78 is 67.5. The second-order valence-electron chi connectivity index (χ2n) is 3.80. The van der Waals surface area contributed by atoms with Crippen LogP contribution in [0.3, 0.4) is 0 Å².